The van der Waals surface area contributed by atoms with Gasteiger partial charge < -0.3 is 9.88 Å². The van der Waals surface area contributed by atoms with Gasteiger partial charge in [-0.25, -0.2) is 0 Å². The summed E-state index contributed by atoms with van der Waals surface area (Å²) in [6.07, 6.45) is 1.55. The van der Waals surface area contributed by atoms with E-state index in [1.165, 1.54) is 10.6 Å². The van der Waals surface area contributed by atoms with Crippen molar-refractivity contribution in [1.29, 1.82) is 0 Å². The van der Waals surface area contributed by atoms with Gasteiger partial charge in [0, 0.05) is 19.3 Å². The van der Waals surface area contributed by atoms with Crippen LogP contribution in [-0.4, -0.2) is 10.5 Å². The molecule has 1 N–H and O–H groups in total. The van der Waals surface area contributed by atoms with E-state index in [0.29, 0.717) is 5.56 Å². The van der Waals surface area contributed by atoms with Gasteiger partial charge in [0.15, 0.2) is 0 Å². The normalized spacial score (nSPS) is 11.1. The lowest BCUT2D eigenvalue weighted by Crippen LogP contribution is -2.44. The summed E-state index contributed by atoms with van der Waals surface area (Å²) in [5.41, 5.74) is 1.58. The molecule has 3 aromatic rings. The molecule has 0 saturated heterocycles. The van der Waals surface area contributed by atoms with Crippen LogP contribution in [0.15, 0.2) is 83.8 Å². The number of aromatic nitrogens is 1. The maximum atomic E-state index is 12.8. The highest BCUT2D eigenvalue weighted by Crippen LogP contribution is 2.29. The number of nitrogens with zero attached hydrogens (tertiary/aromatic N) is 1. The number of benzene rings is 2. The second kappa shape index (κ2) is 6.77. The highest BCUT2D eigenvalue weighted by Gasteiger charge is 2.31. The number of nitrogens with one attached hydrogen (secondary N) is 1. The van der Waals surface area contributed by atoms with E-state index in [1.54, 1.807) is 19.3 Å². The molecule has 0 atom stereocenters. The molecule has 1 aromatic heterocycles. The monoisotopic (exact) mass is 332 g/mol. The number of rotatable bonds is 4. The van der Waals surface area contributed by atoms with E-state index in [9.17, 15) is 9.59 Å². The first-order valence-corrected chi connectivity index (χ1v) is 8.11. The maximum absolute atomic E-state index is 12.8. The first-order chi connectivity index (χ1) is 12.0. The van der Waals surface area contributed by atoms with E-state index in [1.807, 2.05) is 67.6 Å². The van der Waals surface area contributed by atoms with Gasteiger partial charge in [-0.3, -0.25) is 9.59 Å². The Labute approximate surface area is 146 Å². The zero-order valence-corrected chi connectivity index (χ0v) is 14.3. The third-order valence-corrected chi connectivity index (χ3v) is 4.41. The van der Waals surface area contributed by atoms with Crippen LogP contribution in [0.3, 0.4) is 0 Å². The number of carbonyl (C=O) groups is 1. The molecule has 0 unspecified atom stereocenters. The Morgan fingerprint density at radius 3 is 1.88 bits per heavy atom. The smallest absolute Gasteiger partial charge is 0.253 e. The minimum Gasteiger partial charge on any atom is -0.339 e. The van der Waals surface area contributed by atoms with Crippen molar-refractivity contribution >= 4 is 5.91 Å². The van der Waals surface area contributed by atoms with E-state index < -0.39 is 5.54 Å². The van der Waals surface area contributed by atoms with Crippen LogP contribution < -0.4 is 10.9 Å². The second-order valence-corrected chi connectivity index (χ2v) is 6.18. The van der Waals surface area contributed by atoms with Crippen molar-refractivity contribution in [2.45, 2.75) is 12.5 Å². The van der Waals surface area contributed by atoms with Crippen LogP contribution >= 0.6 is 0 Å². The van der Waals surface area contributed by atoms with Gasteiger partial charge in [0.25, 0.3) is 5.91 Å². The standard InChI is InChI=1S/C21H20N2O2/c1-21(17-9-5-3-6-10-17,18-11-7-4-8-12-18)22-20(25)16-13-14-19(24)23(2)15-16/h3-15H,1-2H3,(H,22,25). The molecule has 0 radical (unpaired) electrons. The van der Waals surface area contributed by atoms with Crippen molar-refractivity contribution in [3.8, 4) is 0 Å². The van der Waals surface area contributed by atoms with Gasteiger partial charge in [0.2, 0.25) is 5.56 Å². The minimum absolute atomic E-state index is 0.148. The fourth-order valence-corrected chi connectivity index (χ4v) is 2.88. The first-order valence-electron chi connectivity index (χ1n) is 8.11. The van der Waals surface area contributed by atoms with Crippen LogP contribution in [0.2, 0.25) is 0 Å². The van der Waals surface area contributed by atoms with Crippen LogP contribution in [0.5, 0.6) is 0 Å². The molecule has 0 saturated carbocycles. The molecule has 4 heteroatoms. The zero-order chi connectivity index (χ0) is 17.9. The van der Waals surface area contributed by atoms with E-state index in [2.05, 4.69) is 5.32 Å². The Morgan fingerprint density at radius 2 is 1.40 bits per heavy atom. The summed E-state index contributed by atoms with van der Waals surface area (Å²) in [6, 6.07) is 22.6. The largest absolute Gasteiger partial charge is 0.339 e. The summed E-state index contributed by atoms with van der Waals surface area (Å²) < 4.78 is 1.40. The Balaban J connectivity index is 2.02. The lowest BCUT2D eigenvalue weighted by atomic mass is 9.84. The van der Waals surface area contributed by atoms with Crippen LogP contribution in [0.4, 0.5) is 0 Å². The van der Waals surface area contributed by atoms with Crippen molar-refractivity contribution in [3.05, 3.63) is 106 Å². The van der Waals surface area contributed by atoms with Crippen LogP contribution in [0, 0.1) is 0 Å². The average molecular weight is 332 g/mol. The van der Waals surface area contributed by atoms with E-state index in [4.69, 9.17) is 0 Å². The number of hydrogen-bond acceptors (Lipinski definition) is 2. The SMILES string of the molecule is Cn1cc(C(=O)NC(C)(c2ccccc2)c2ccccc2)ccc1=O. The molecule has 4 nitrogen and oxygen atoms in total. The van der Waals surface area contributed by atoms with Crippen molar-refractivity contribution in [3.63, 3.8) is 0 Å². The van der Waals surface area contributed by atoms with Gasteiger partial charge >= 0.3 is 0 Å². The quantitative estimate of drug-likeness (QED) is 0.798. The summed E-state index contributed by atoms with van der Waals surface area (Å²) in [4.78, 5) is 24.4. The lowest BCUT2D eigenvalue weighted by molar-refractivity contribution is 0.0918. The third kappa shape index (κ3) is 3.38. The molecule has 0 aliphatic carbocycles. The third-order valence-electron chi connectivity index (χ3n) is 4.41. The van der Waals surface area contributed by atoms with Gasteiger partial charge in [-0.1, -0.05) is 60.7 Å². The number of amides is 1. The van der Waals surface area contributed by atoms with Crippen LogP contribution in [-0.2, 0) is 12.6 Å². The molecular weight excluding hydrogens is 312 g/mol. The molecule has 0 spiro atoms. The number of pyridine rings is 1. The molecule has 1 amide bonds. The predicted octanol–water partition coefficient (Wildman–Crippen LogP) is 3.08. The fraction of sp³-hybridized carbons (Fsp3) is 0.143. The Kier molecular flexibility index (Phi) is 4.52. The van der Waals surface area contributed by atoms with Crippen LogP contribution in [0.1, 0.15) is 28.4 Å². The first kappa shape index (κ1) is 16.7. The summed E-state index contributed by atoms with van der Waals surface area (Å²) >= 11 is 0. The predicted molar refractivity (Wildman–Crippen MR) is 98.5 cm³/mol. The number of carbonyl (C=O) groups excluding carboxylic acids is 1. The van der Waals surface area contributed by atoms with Gasteiger partial charge in [-0.15, -0.1) is 0 Å². The molecule has 0 aliphatic heterocycles. The molecule has 2 aromatic carbocycles. The molecule has 0 bridgehead atoms. The number of hydrogen-bond donors (Lipinski definition) is 1. The lowest BCUT2D eigenvalue weighted by Gasteiger charge is -2.32. The minimum atomic E-state index is -0.686. The summed E-state index contributed by atoms with van der Waals surface area (Å²) in [5.74, 6) is -0.231. The Hall–Kier alpha value is -3.14. The highest BCUT2D eigenvalue weighted by molar-refractivity contribution is 5.94. The Morgan fingerprint density at radius 1 is 0.880 bits per heavy atom. The summed E-state index contributed by atoms with van der Waals surface area (Å²) in [6.45, 7) is 1.98. The number of aryl methyl sites for hydroxylation is 1. The molecular formula is C21H20N2O2. The van der Waals surface area contributed by atoms with Crippen LogP contribution in [0.25, 0.3) is 0 Å². The van der Waals surface area contributed by atoms with Crippen molar-refractivity contribution in [1.82, 2.24) is 9.88 Å². The molecule has 25 heavy (non-hydrogen) atoms. The van der Waals surface area contributed by atoms with E-state index in [0.717, 1.165) is 11.1 Å². The van der Waals surface area contributed by atoms with Gasteiger partial charge in [0.1, 0.15) is 0 Å². The molecule has 0 fully saturated rings. The highest BCUT2D eigenvalue weighted by atomic mass is 16.2. The molecule has 126 valence electrons. The topological polar surface area (TPSA) is 51.1 Å². The van der Waals surface area contributed by atoms with Gasteiger partial charge in [-0.2, -0.15) is 0 Å². The van der Waals surface area contributed by atoms with Crippen molar-refractivity contribution < 1.29 is 4.79 Å². The molecule has 3 rings (SSSR count). The molecule has 1 heterocycles. The summed E-state index contributed by atoms with van der Waals surface area (Å²) in [5, 5.41) is 3.13. The average Bonchev–Trinajstić information content (AvgIpc) is 2.65. The Bertz CT molecular complexity index is 891. The van der Waals surface area contributed by atoms with E-state index in [-0.39, 0.29) is 11.5 Å². The summed E-state index contributed by atoms with van der Waals surface area (Å²) in [7, 11) is 1.63. The van der Waals surface area contributed by atoms with Gasteiger partial charge in [-0.05, 0) is 24.1 Å². The second-order valence-electron chi connectivity index (χ2n) is 6.18. The van der Waals surface area contributed by atoms with Crippen molar-refractivity contribution in [2.24, 2.45) is 7.05 Å². The molecule has 0 aliphatic rings. The van der Waals surface area contributed by atoms with E-state index >= 15 is 0 Å². The maximum Gasteiger partial charge on any atom is 0.253 e. The van der Waals surface area contributed by atoms with Gasteiger partial charge in [0.05, 0.1) is 11.1 Å². The van der Waals surface area contributed by atoms with Crippen molar-refractivity contribution in [2.75, 3.05) is 0 Å². The zero-order valence-electron chi connectivity index (χ0n) is 14.3. The fourth-order valence-electron chi connectivity index (χ4n) is 2.88.